The predicted molar refractivity (Wildman–Crippen MR) is 175 cm³/mol. The molecule has 4 aromatic rings. The summed E-state index contributed by atoms with van der Waals surface area (Å²) in [4.78, 5) is 3.86. The van der Waals surface area contributed by atoms with Gasteiger partial charge in [-0.3, -0.25) is 4.99 Å². The highest BCUT2D eigenvalue weighted by Gasteiger charge is 2.00. The molecule has 0 fully saturated rings. The molecule has 4 aromatic carbocycles. The Morgan fingerprint density at radius 3 is 2.26 bits per heavy atom. The van der Waals surface area contributed by atoms with Gasteiger partial charge >= 0.3 is 0 Å². The van der Waals surface area contributed by atoms with Crippen LogP contribution in [0.4, 0.5) is 5.69 Å². The number of aliphatic imine (C=N–C) groups is 1. The quantitative estimate of drug-likeness (QED) is 0.140. The summed E-state index contributed by atoms with van der Waals surface area (Å²) >= 11 is 5.93. The van der Waals surface area contributed by atoms with Crippen LogP contribution in [-0.2, 0) is 12.8 Å². The largest absolute Gasteiger partial charge is 0.384 e. The molecule has 3 N–H and O–H groups in total. The topological polar surface area (TPSA) is 50.4 Å². The van der Waals surface area contributed by atoms with Gasteiger partial charge in [0.1, 0.15) is 5.84 Å². The van der Waals surface area contributed by atoms with Gasteiger partial charge in [0.05, 0.1) is 0 Å². The molecule has 0 aliphatic heterocycles. The zero-order valence-corrected chi connectivity index (χ0v) is 24.3. The molecule has 0 atom stereocenters. The van der Waals surface area contributed by atoms with Crippen LogP contribution in [-0.4, -0.2) is 12.9 Å². The van der Waals surface area contributed by atoms with Crippen LogP contribution in [0.1, 0.15) is 36.1 Å². The number of hydrogen-bond donors (Lipinski definition) is 2. The Hall–Kier alpha value is -4.08. The summed E-state index contributed by atoms with van der Waals surface area (Å²) < 4.78 is 0. The van der Waals surface area contributed by atoms with E-state index in [0.717, 1.165) is 29.8 Å². The zero-order chi connectivity index (χ0) is 28.6. The molecule has 0 aliphatic rings. The van der Waals surface area contributed by atoms with Gasteiger partial charge in [-0.05, 0) is 84.0 Å². The summed E-state index contributed by atoms with van der Waals surface area (Å²) in [6.45, 7) is 13.6. The first-order valence-electron chi connectivity index (χ1n) is 13.0. The van der Waals surface area contributed by atoms with Crippen LogP contribution in [0.15, 0.2) is 121 Å². The number of nitrogens with one attached hydrogen (secondary N) is 1. The number of amidine groups is 1. The van der Waals surface area contributed by atoms with E-state index < -0.39 is 0 Å². The van der Waals surface area contributed by atoms with E-state index in [4.69, 9.17) is 17.3 Å². The number of rotatable bonds is 7. The fraction of sp³-hybridized carbons (Fsp3) is 0.171. The van der Waals surface area contributed by atoms with Crippen molar-refractivity contribution >= 4 is 40.0 Å². The van der Waals surface area contributed by atoms with Gasteiger partial charge < -0.3 is 11.1 Å². The van der Waals surface area contributed by atoms with Gasteiger partial charge in [-0.1, -0.05) is 104 Å². The van der Waals surface area contributed by atoms with Crippen LogP contribution in [0, 0.1) is 6.92 Å². The van der Waals surface area contributed by atoms with Crippen LogP contribution in [0.5, 0.6) is 0 Å². The maximum Gasteiger partial charge on any atom is 0.119 e. The minimum Gasteiger partial charge on any atom is -0.384 e. The fourth-order valence-corrected chi connectivity index (χ4v) is 3.88. The Morgan fingerprint density at radius 2 is 1.62 bits per heavy atom. The van der Waals surface area contributed by atoms with E-state index in [-0.39, 0.29) is 0 Å². The van der Waals surface area contributed by atoms with Gasteiger partial charge in [0, 0.05) is 23.5 Å². The number of benzene rings is 4. The van der Waals surface area contributed by atoms with Gasteiger partial charge in [-0.25, -0.2) is 0 Å². The van der Waals surface area contributed by atoms with Gasteiger partial charge in [0.2, 0.25) is 0 Å². The van der Waals surface area contributed by atoms with E-state index in [9.17, 15) is 0 Å². The average Bonchev–Trinajstić information content (AvgIpc) is 2.95. The minimum absolute atomic E-state index is 0.490. The van der Waals surface area contributed by atoms with E-state index in [1.807, 2.05) is 62.4 Å². The molecule has 202 valence electrons. The van der Waals surface area contributed by atoms with Crippen molar-refractivity contribution in [3.05, 3.63) is 143 Å². The molecule has 0 bridgehead atoms. The molecule has 0 heterocycles. The van der Waals surface area contributed by atoms with Crippen molar-refractivity contribution in [1.29, 1.82) is 0 Å². The van der Waals surface area contributed by atoms with E-state index in [1.54, 1.807) is 13.1 Å². The Morgan fingerprint density at radius 1 is 0.923 bits per heavy atom. The van der Waals surface area contributed by atoms with Crippen molar-refractivity contribution < 1.29 is 0 Å². The van der Waals surface area contributed by atoms with E-state index in [1.165, 1.54) is 27.5 Å². The van der Waals surface area contributed by atoms with Crippen LogP contribution in [0.25, 0.3) is 16.8 Å². The highest BCUT2D eigenvalue weighted by molar-refractivity contribution is 6.30. The molecular weight excluding hydrogens is 498 g/mol. The van der Waals surface area contributed by atoms with Crippen molar-refractivity contribution in [1.82, 2.24) is 0 Å². The standard InChI is InChI=1S/C14H14.C12H16ClN3.C9H10/c1-3-11-5-7-14-10-12(4-2)6-8-13(14)9-11;1-8-4-5-10(13)7-11(8)16-9(2)6-12(14)15-3;1-2-6-9-7-4-3-5-8-9/h3,5-10H,1,4H2,2H3;4-7,16H,1-3H3,(H2,14,15);2-5,7-8H,1,6H2/b;9-6-;. The number of hydrogen-bond acceptors (Lipinski definition) is 2. The molecule has 0 unspecified atom stereocenters. The highest BCUT2D eigenvalue weighted by Crippen LogP contribution is 2.21. The number of aryl methyl sites for hydroxylation is 2. The number of nitrogens with two attached hydrogens (primary N) is 1. The monoisotopic (exact) mass is 537 g/mol. The third-order valence-corrected chi connectivity index (χ3v) is 6.18. The third kappa shape index (κ3) is 11.1. The van der Waals surface area contributed by atoms with Crippen LogP contribution < -0.4 is 11.1 Å². The molecule has 0 spiro atoms. The summed E-state index contributed by atoms with van der Waals surface area (Å²) in [5.74, 6) is 0.490. The second-order valence-corrected chi connectivity index (χ2v) is 9.47. The van der Waals surface area contributed by atoms with Crippen LogP contribution >= 0.6 is 11.6 Å². The first kappa shape index (κ1) is 31.1. The Labute approximate surface area is 239 Å². The van der Waals surface area contributed by atoms with Crippen molar-refractivity contribution in [3.63, 3.8) is 0 Å². The van der Waals surface area contributed by atoms with Gasteiger partial charge in [0.25, 0.3) is 0 Å². The first-order valence-corrected chi connectivity index (χ1v) is 13.4. The Kier molecular flexibility index (Phi) is 13.3. The molecule has 0 radical (unpaired) electrons. The average molecular weight is 538 g/mol. The lowest BCUT2D eigenvalue weighted by Gasteiger charge is -2.10. The minimum atomic E-state index is 0.490. The maximum atomic E-state index is 5.93. The molecule has 0 saturated heterocycles. The molecule has 0 amide bonds. The van der Waals surface area contributed by atoms with E-state index in [2.05, 4.69) is 78.9 Å². The normalized spacial score (nSPS) is 11.0. The lowest BCUT2D eigenvalue weighted by atomic mass is 10.0. The van der Waals surface area contributed by atoms with Gasteiger partial charge in [0.15, 0.2) is 0 Å². The molecule has 3 nitrogen and oxygen atoms in total. The van der Waals surface area contributed by atoms with Gasteiger partial charge in [-0.2, -0.15) is 0 Å². The van der Waals surface area contributed by atoms with Crippen molar-refractivity contribution in [2.75, 3.05) is 12.4 Å². The molecule has 39 heavy (non-hydrogen) atoms. The van der Waals surface area contributed by atoms with Gasteiger partial charge in [-0.15, -0.1) is 6.58 Å². The summed E-state index contributed by atoms with van der Waals surface area (Å²) in [5.41, 5.74) is 12.5. The van der Waals surface area contributed by atoms with E-state index in [0.29, 0.717) is 10.9 Å². The number of allylic oxidation sites excluding steroid dienone is 2. The summed E-state index contributed by atoms with van der Waals surface area (Å²) in [7, 11) is 1.66. The Bertz CT molecular complexity index is 1420. The fourth-order valence-electron chi connectivity index (χ4n) is 3.71. The van der Waals surface area contributed by atoms with E-state index >= 15 is 0 Å². The summed E-state index contributed by atoms with van der Waals surface area (Å²) in [6, 6.07) is 29.1. The molecule has 0 aliphatic carbocycles. The number of fused-ring (bicyclic) bond motifs is 1. The third-order valence-electron chi connectivity index (χ3n) is 5.95. The SMILES string of the molecule is C=CCc1ccccc1.C=Cc1ccc2cc(CC)ccc2c1.CN=C(N)/C=C(/C)Nc1cc(Cl)ccc1C. The predicted octanol–water partition coefficient (Wildman–Crippen LogP) is 9.41. The smallest absolute Gasteiger partial charge is 0.119 e. The number of halogens is 1. The summed E-state index contributed by atoms with van der Waals surface area (Å²) in [6.07, 6.45) is 7.64. The number of nitrogens with zero attached hydrogens (tertiary/aromatic N) is 1. The van der Waals surface area contributed by atoms with Crippen LogP contribution in [0.2, 0.25) is 5.02 Å². The first-order chi connectivity index (χ1) is 18.8. The van der Waals surface area contributed by atoms with Crippen molar-refractivity contribution in [2.45, 2.75) is 33.6 Å². The Balaban J connectivity index is 0.000000213. The highest BCUT2D eigenvalue weighted by atomic mass is 35.5. The molecular formula is C35H40ClN3. The summed E-state index contributed by atoms with van der Waals surface area (Å²) in [5, 5.41) is 6.54. The number of anilines is 1. The zero-order valence-electron chi connectivity index (χ0n) is 23.5. The second-order valence-electron chi connectivity index (χ2n) is 9.04. The second kappa shape index (κ2) is 16.7. The molecule has 4 heteroatoms. The van der Waals surface area contributed by atoms with Crippen molar-refractivity contribution in [3.8, 4) is 0 Å². The lowest BCUT2D eigenvalue weighted by Crippen LogP contribution is -2.10. The molecule has 0 saturated carbocycles. The molecule has 4 rings (SSSR count). The molecule has 0 aromatic heterocycles. The van der Waals surface area contributed by atoms with Crippen LogP contribution in [0.3, 0.4) is 0 Å². The maximum absolute atomic E-state index is 5.93. The van der Waals surface area contributed by atoms with Crippen molar-refractivity contribution in [2.24, 2.45) is 10.7 Å². The lowest BCUT2D eigenvalue weighted by molar-refractivity contribution is 1.15.